The predicted molar refractivity (Wildman–Crippen MR) is 104 cm³/mol. The second kappa shape index (κ2) is 17.1. The Hall–Kier alpha value is -0.260. The van der Waals surface area contributed by atoms with Crippen LogP contribution in [0.1, 0.15) is 124 Å². The molecule has 0 unspecified atom stereocenters. The second-order valence-electron chi connectivity index (χ2n) is 7.63. The van der Waals surface area contributed by atoms with Crippen LogP contribution in [0.15, 0.2) is 12.2 Å². The third-order valence-corrected chi connectivity index (χ3v) is 4.85. The Morgan fingerprint density at radius 2 is 1.09 bits per heavy atom. The highest BCUT2D eigenvalue weighted by molar-refractivity contribution is 4.87. The summed E-state index contributed by atoms with van der Waals surface area (Å²) in [5, 5.41) is 0. The molecule has 0 spiro atoms. The molecular weight excluding hydrogens is 264 g/mol. The van der Waals surface area contributed by atoms with Crippen molar-refractivity contribution in [2.45, 2.75) is 124 Å². The van der Waals surface area contributed by atoms with Crippen LogP contribution in [0.25, 0.3) is 0 Å². The Bertz CT molecular complexity index is 228. The highest BCUT2D eigenvalue weighted by Gasteiger charge is 2.02. The Morgan fingerprint density at radius 1 is 0.682 bits per heavy atom. The molecule has 0 amide bonds. The van der Waals surface area contributed by atoms with Gasteiger partial charge in [0.05, 0.1) is 0 Å². The third-order valence-electron chi connectivity index (χ3n) is 4.85. The first-order chi connectivity index (χ1) is 10.7. The minimum atomic E-state index is 0.919. The largest absolute Gasteiger partial charge is 0.100 e. The van der Waals surface area contributed by atoms with Gasteiger partial charge in [-0.25, -0.2) is 0 Å². The fourth-order valence-corrected chi connectivity index (χ4v) is 3.23. The normalized spacial score (nSPS) is 12.5. The average Bonchev–Trinajstić information content (AvgIpc) is 2.48. The molecule has 1 atom stereocenters. The zero-order valence-electron chi connectivity index (χ0n) is 16.1. The van der Waals surface area contributed by atoms with Crippen LogP contribution in [0, 0.1) is 5.92 Å². The summed E-state index contributed by atoms with van der Waals surface area (Å²) in [6.45, 7) is 10.9. The maximum absolute atomic E-state index is 3.99. The lowest BCUT2D eigenvalue weighted by Gasteiger charge is -2.11. The molecular formula is C22H44. The first-order valence-corrected chi connectivity index (χ1v) is 10.3. The zero-order valence-corrected chi connectivity index (χ0v) is 16.1. The van der Waals surface area contributed by atoms with Gasteiger partial charge < -0.3 is 0 Å². The van der Waals surface area contributed by atoms with E-state index in [1.165, 1.54) is 108 Å². The molecule has 0 saturated carbocycles. The van der Waals surface area contributed by atoms with Crippen molar-refractivity contribution in [1.82, 2.24) is 0 Å². The summed E-state index contributed by atoms with van der Waals surface area (Å²) in [6, 6.07) is 0. The minimum absolute atomic E-state index is 0.919. The van der Waals surface area contributed by atoms with Crippen molar-refractivity contribution in [1.29, 1.82) is 0 Å². The first kappa shape index (κ1) is 21.7. The van der Waals surface area contributed by atoms with Crippen LogP contribution in [0.3, 0.4) is 0 Å². The van der Waals surface area contributed by atoms with Crippen LogP contribution in [0.4, 0.5) is 0 Å². The van der Waals surface area contributed by atoms with E-state index in [-0.39, 0.29) is 0 Å². The van der Waals surface area contributed by atoms with Gasteiger partial charge in [-0.3, -0.25) is 0 Å². The van der Waals surface area contributed by atoms with E-state index in [0.29, 0.717) is 0 Å². The minimum Gasteiger partial charge on any atom is -0.100 e. The van der Waals surface area contributed by atoms with Crippen LogP contribution < -0.4 is 0 Å². The van der Waals surface area contributed by atoms with E-state index in [0.717, 1.165) is 5.92 Å². The molecule has 0 aromatic rings. The highest BCUT2D eigenvalue weighted by Crippen LogP contribution is 2.18. The number of allylic oxidation sites excluding steroid dienone is 1. The van der Waals surface area contributed by atoms with Crippen molar-refractivity contribution in [3.63, 3.8) is 0 Å². The van der Waals surface area contributed by atoms with Gasteiger partial charge >= 0.3 is 0 Å². The molecule has 0 nitrogen and oxygen atoms in total. The van der Waals surface area contributed by atoms with E-state index < -0.39 is 0 Å². The van der Waals surface area contributed by atoms with Gasteiger partial charge in [0.2, 0.25) is 0 Å². The molecule has 0 aliphatic heterocycles. The highest BCUT2D eigenvalue weighted by atomic mass is 14.1. The van der Waals surface area contributed by atoms with Gasteiger partial charge in [-0.1, -0.05) is 109 Å². The summed E-state index contributed by atoms with van der Waals surface area (Å²) < 4.78 is 0. The van der Waals surface area contributed by atoms with Crippen molar-refractivity contribution in [2.75, 3.05) is 0 Å². The SMILES string of the molecule is C=C(C)CCC[C@@H](C)CCCCCCCCCCCCCC. The first-order valence-electron chi connectivity index (χ1n) is 10.3. The summed E-state index contributed by atoms with van der Waals surface area (Å²) >= 11 is 0. The predicted octanol–water partition coefficient (Wildman–Crippen LogP) is 8.46. The summed E-state index contributed by atoms with van der Waals surface area (Å²) in [6.07, 6.45) is 22.9. The molecule has 0 fully saturated rings. The number of hydrogen-bond donors (Lipinski definition) is 0. The molecule has 0 aliphatic rings. The number of unbranched alkanes of at least 4 members (excludes halogenated alkanes) is 11. The van der Waals surface area contributed by atoms with Crippen LogP contribution in [0.5, 0.6) is 0 Å². The molecule has 22 heavy (non-hydrogen) atoms. The summed E-state index contributed by atoms with van der Waals surface area (Å²) in [7, 11) is 0. The third kappa shape index (κ3) is 17.8. The molecule has 0 radical (unpaired) electrons. The lowest BCUT2D eigenvalue weighted by Crippen LogP contribution is -1.95. The summed E-state index contributed by atoms with van der Waals surface area (Å²) in [5.74, 6) is 0.919. The van der Waals surface area contributed by atoms with Gasteiger partial charge in [0.25, 0.3) is 0 Å². The van der Waals surface area contributed by atoms with E-state index in [1.807, 2.05) is 0 Å². The van der Waals surface area contributed by atoms with Crippen LogP contribution in [0.2, 0.25) is 0 Å². The Balaban J connectivity index is 3.11. The van der Waals surface area contributed by atoms with Gasteiger partial charge in [-0.2, -0.15) is 0 Å². The van der Waals surface area contributed by atoms with E-state index in [4.69, 9.17) is 0 Å². The molecule has 0 heterocycles. The molecule has 0 aromatic carbocycles. The smallest absolute Gasteiger partial charge is 0.0326 e. The fourth-order valence-electron chi connectivity index (χ4n) is 3.23. The van der Waals surface area contributed by atoms with Gasteiger partial charge in [-0.15, -0.1) is 6.58 Å². The van der Waals surface area contributed by atoms with Gasteiger partial charge in [0.1, 0.15) is 0 Å². The molecule has 0 aliphatic carbocycles. The average molecular weight is 309 g/mol. The van der Waals surface area contributed by atoms with Gasteiger partial charge in [0, 0.05) is 0 Å². The second-order valence-corrected chi connectivity index (χ2v) is 7.63. The Morgan fingerprint density at radius 3 is 1.55 bits per heavy atom. The topological polar surface area (TPSA) is 0 Å². The summed E-state index contributed by atoms with van der Waals surface area (Å²) in [5.41, 5.74) is 1.34. The molecule has 0 N–H and O–H groups in total. The van der Waals surface area contributed by atoms with E-state index in [9.17, 15) is 0 Å². The van der Waals surface area contributed by atoms with Crippen molar-refractivity contribution in [3.05, 3.63) is 12.2 Å². The number of rotatable bonds is 17. The molecule has 0 rings (SSSR count). The van der Waals surface area contributed by atoms with Gasteiger partial charge in [-0.05, 0) is 25.7 Å². The number of hydrogen-bond acceptors (Lipinski definition) is 0. The quantitative estimate of drug-likeness (QED) is 0.187. The summed E-state index contributed by atoms with van der Waals surface area (Å²) in [4.78, 5) is 0. The zero-order chi connectivity index (χ0) is 16.5. The molecule has 132 valence electrons. The Labute approximate surface area is 142 Å². The van der Waals surface area contributed by atoms with Crippen LogP contribution in [-0.4, -0.2) is 0 Å². The monoisotopic (exact) mass is 308 g/mol. The standard InChI is InChI=1S/C22H44/c1-5-6-7-8-9-10-11-12-13-14-15-16-19-22(4)20-17-18-21(2)3/h22H,2,5-20H2,1,3-4H3/t22-/m0/s1. The van der Waals surface area contributed by atoms with E-state index in [2.05, 4.69) is 27.4 Å². The Kier molecular flexibility index (Phi) is 16.9. The molecule has 0 bridgehead atoms. The van der Waals surface area contributed by atoms with E-state index in [1.54, 1.807) is 0 Å². The molecule has 0 heteroatoms. The lowest BCUT2D eigenvalue weighted by atomic mass is 9.96. The molecule has 0 saturated heterocycles. The van der Waals surface area contributed by atoms with Crippen LogP contribution >= 0.6 is 0 Å². The molecule has 0 aromatic heterocycles. The van der Waals surface area contributed by atoms with Crippen molar-refractivity contribution in [2.24, 2.45) is 5.92 Å². The maximum atomic E-state index is 3.99. The lowest BCUT2D eigenvalue weighted by molar-refractivity contribution is 0.442. The van der Waals surface area contributed by atoms with Crippen molar-refractivity contribution in [3.8, 4) is 0 Å². The fraction of sp³-hybridized carbons (Fsp3) is 0.909. The maximum Gasteiger partial charge on any atom is -0.0326 e. The van der Waals surface area contributed by atoms with Crippen molar-refractivity contribution >= 4 is 0 Å². The van der Waals surface area contributed by atoms with Gasteiger partial charge in [0.15, 0.2) is 0 Å². The van der Waals surface area contributed by atoms with Crippen molar-refractivity contribution < 1.29 is 0 Å². The van der Waals surface area contributed by atoms with E-state index >= 15 is 0 Å². The van der Waals surface area contributed by atoms with Crippen LogP contribution in [-0.2, 0) is 0 Å².